The van der Waals surface area contributed by atoms with Gasteiger partial charge < -0.3 is 15.1 Å². The number of aryl methyl sites for hydroxylation is 1. The first-order valence-electron chi connectivity index (χ1n) is 8.39. The largest absolute Gasteiger partial charge is 0.459 e. The van der Waals surface area contributed by atoms with Crippen molar-refractivity contribution in [3.05, 3.63) is 60.2 Å². The van der Waals surface area contributed by atoms with Crippen LogP contribution in [0.5, 0.6) is 0 Å². The highest BCUT2D eigenvalue weighted by Crippen LogP contribution is 2.29. The number of hydrogen-bond donors (Lipinski definition) is 1. The molecule has 0 aliphatic rings. The summed E-state index contributed by atoms with van der Waals surface area (Å²) in [6.45, 7) is 3.97. The summed E-state index contributed by atoms with van der Waals surface area (Å²) in [4.78, 5) is 10.7. The predicted molar refractivity (Wildman–Crippen MR) is 101 cm³/mol. The number of fused-ring (bicyclic) bond motifs is 1. The number of nitrogens with zero attached hydrogens (tertiary/aromatic N) is 5. The standard InChI is InChI=1S/C19H20N6O/c1-12-8-17(20)25(23-12)19-10-18(21-11-22-19)24(3)13(2)16-9-14-6-4-5-7-15(14)26-16/h4-11,13H,20H2,1-3H3/t13-/m1/s1. The third kappa shape index (κ3) is 2.77. The van der Waals surface area contributed by atoms with Crippen LogP contribution in [0.15, 0.2) is 53.2 Å². The van der Waals surface area contributed by atoms with Gasteiger partial charge in [-0.25, -0.2) is 9.97 Å². The van der Waals surface area contributed by atoms with Gasteiger partial charge in [-0.2, -0.15) is 9.78 Å². The van der Waals surface area contributed by atoms with E-state index in [9.17, 15) is 0 Å². The van der Waals surface area contributed by atoms with Crippen LogP contribution in [0.4, 0.5) is 11.6 Å². The number of aromatic nitrogens is 4. The van der Waals surface area contributed by atoms with Crippen LogP contribution in [-0.2, 0) is 0 Å². The van der Waals surface area contributed by atoms with Crippen molar-refractivity contribution in [3.63, 3.8) is 0 Å². The fourth-order valence-corrected chi connectivity index (χ4v) is 2.95. The molecule has 7 heteroatoms. The summed E-state index contributed by atoms with van der Waals surface area (Å²) in [6, 6.07) is 13.7. The normalized spacial score (nSPS) is 12.4. The number of nitrogen functional groups attached to an aromatic ring is 1. The molecule has 0 saturated carbocycles. The van der Waals surface area contributed by atoms with Crippen molar-refractivity contribution < 1.29 is 4.42 Å². The lowest BCUT2D eigenvalue weighted by Gasteiger charge is -2.24. The topological polar surface area (TPSA) is 86.0 Å². The third-order valence-electron chi connectivity index (χ3n) is 4.51. The van der Waals surface area contributed by atoms with E-state index < -0.39 is 0 Å². The van der Waals surface area contributed by atoms with Crippen LogP contribution >= 0.6 is 0 Å². The maximum atomic E-state index is 6.00. The minimum absolute atomic E-state index is 0.00172. The smallest absolute Gasteiger partial charge is 0.161 e. The molecule has 3 heterocycles. The molecule has 0 aliphatic heterocycles. The Morgan fingerprint density at radius 2 is 1.96 bits per heavy atom. The van der Waals surface area contributed by atoms with E-state index in [1.165, 1.54) is 6.33 Å². The van der Waals surface area contributed by atoms with E-state index >= 15 is 0 Å². The van der Waals surface area contributed by atoms with E-state index in [1.54, 1.807) is 4.68 Å². The molecule has 1 atom stereocenters. The number of rotatable bonds is 4. The molecule has 1 aromatic carbocycles. The fourth-order valence-electron chi connectivity index (χ4n) is 2.95. The van der Waals surface area contributed by atoms with Crippen LogP contribution in [0.3, 0.4) is 0 Å². The maximum absolute atomic E-state index is 6.00. The van der Waals surface area contributed by atoms with Crippen LogP contribution < -0.4 is 10.6 Å². The Morgan fingerprint density at radius 3 is 2.69 bits per heavy atom. The summed E-state index contributed by atoms with van der Waals surface area (Å²) in [6.07, 6.45) is 1.52. The summed E-state index contributed by atoms with van der Waals surface area (Å²) >= 11 is 0. The van der Waals surface area contributed by atoms with Gasteiger partial charge in [-0.1, -0.05) is 18.2 Å². The molecule has 2 N–H and O–H groups in total. The van der Waals surface area contributed by atoms with Gasteiger partial charge in [0.15, 0.2) is 5.82 Å². The highest BCUT2D eigenvalue weighted by atomic mass is 16.3. The zero-order chi connectivity index (χ0) is 18.3. The van der Waals surface area contributed by atoms with E-state index in [-0.39, 0.29) is 6.04 Å². The van der Waals surface area contributed by atoms with Crippen LogP contribution in [0, 0.1) is 6.92 Å². The van der Waals surface area contributed by atoms with Gasteiger partial charge in [0.2, 0.25) is 0 Å². The first-order valence-corrected chi connectivity index (χ1v) is 8.39. The molecule has 7 nitrogen and oxygen atoms in total. The molecule has 0 fully saturated rings. The van der Waals surface area contributed by atoms with Gasteiger partial charge in [0.05, 0.1) is 11.7 Å². The molecule has 0 radical (unpaired) electrons. The lowest BCUT2D eigenvalue weighted by molar-refractivity contribution is 0.500. The van der Waals surface area contributed by atoms with Gasteiger partial charge in [-0.15, -0.1) is 0 Å². The lowest BCUT2D eigenvalue weighted by Crippen LogP contribution is -2.22. The summed E-state index contributed by atoms with van der Waals surface area (Å²) < 4.78 is 7.60. The van der Waals surface area contributed by atoms with Crippen LogP contribution in [0.2, 0.25) is 0 Å². The molecule has 4 aromatic rings. The molecule has 0 bridgehead atoms. The van der Waals surface area contributed by atoms with Crippen molar-refractivity contribution in [1.29, 1.82) is 0 Å². The van der Waals surface area contributed by atoms with E-state index in [4.69, 9.17) is 10.2 Å². The Bertz CT molecular complexity index is 1030. The maximum Gasteiger partial charge on any atom is 0.161 e. The number of anilines is 2. The van der Waals surface area contributed by atoms with E-state index in [2.05, 4.69) is 28.1 Å². The molecule has 132 valence electrons. The Hall–Kier alpha value is -3.35. The Morgan fingerprint density at radius 1 is 1.15 bits per heavy atom. The van der Waals surface area contributed by atoms with Crippen molar-refractivity contribution in [1.82, 2.24) is 19.7 Å². The quantitative estimate of drug-likeness (QED) is 0.607. The number of para-hydroxylation sites is 1. The summed E-state index contributed by atoms with van der Waals surface area (Å²) in [5, 5.41) is 5.47. The van der Waals surface area contributed by atoms with Crippen LogP contribution in [0.1, 0.15) is 24.4 Å². The average Bonchev–Trinajstić information content (AvgIpc) is 3.23. The monoisotopic (exact) mass is 348 g/mol. The second-order valence-electron chi connectivity index (χ2n) is 6.33. The number of furan rings is 1. The van der Waals surface area contributed by atoms with Gasteiger partial charge >= 0.3 is 0 Å². The van der Waals surface area contributed by atoms with E-state index in [0.29, 0.717) is 11.6 Å². The van der Waals surface area contributed by atoms with Crippen molar-refractivity contribution in [3.8, 4) is 5.82 Å². The predicted octanol–water partition coefficient (Wildman–Crippen LogP) is 3.50. The van der Waals surface area contributed by atoms with E-state index in [0.717, 1.165) is 28.2 Å². The van der Waals surface area contributed by atoms with Crippen LogP contribution in [0.25, 0.3) is 16.8 Å². The summed E-state index contributed by atoms with van der Waals surface area (Å²) in [7, 11) is 1.97. The highest BCUT2D eigenvalue weighted by molar-refractivity contribution is 5.77. The van der Waals surface area contributed by atoms with Crippen molar-refractivity contribution in [2.24, 2.45) is 0 Å². The van der Waals surface area contributed by atoms with Gasteiger partial charge in [0, 0.05) is 24.6 Å². The number of hydrogen-bond acceptors (Lipinski definition) is 6. The molecule has 0 saturated heterocycles. The molecule has 0 spiro atoms. The summed E-state index contributed by atoms with van der Waals surface area (Å²) in [5.74, 6) is 2.81. The lowest BCUT2D eigenvalue weighted by atomic mass is 10.2. The minimum atomic E-state index is 0.00172. The van der Waals surface area contributed by atoms with Crippen molar-refractivity contribution >= 4 is 22.6 Å². The first kappa shape index (κ1) is 16.1. The van der Waals surface area contributed by atoms with Gasteiger partial charge in [0.1, 0.15) is 29.3 Å². The molecule has 3 aromatic heterocycles. The van der Waals surface area contributed by atoms with Gasteiger partial charge in [0.25, 0.3) is 0 Å². The second kappa shape index (κ2) is 6.18. The number of benzene rings is 1. The Labute approximate surface area is 151 Å². The molecular formula is C19H20N6O. The zero-order valence-electron chi connectivity index (χ0n) is 14.9. The molecule has 26 heavy (non-hydrogen) atoms. The van der Waals surface area contributed by atoms with Gasteiger partial charge in [-0.3, -0.25) is 0 Å². The summed E-state index contributed by atoms with van der Waals surface area (Å²) in [5.41, 5.74) is 7.72. The molecule has 0 unspecified atom stereocenters. The average molecular weight is 348 g/mol. The fraction of sp³-hybridized carbons (Fsp3) is 0.211. The SMILES string of the molecule is Cc1cc(N)n(-c2cc(N(C)[C@H](C)c3cc4ccccc4o3)ncn2)n1. The van der Waals surface area contributed by atoms with Crippen molar-refractivity contribution in [2.45, 2.75) is 19.9 Å². The Kier molecular flexibility index (Phi) is 3.84. The Balaban J connectivity index is 1.66. The first-order chi connectivity index (χ1) is 12.5. The van der Waals surface area contributed by atoms with Crippen LogP contribution in [-0.4, -0.2) is 26.8 Å². The second-order valence-corrected chi connectivity index (χ2v) is 6.33. The highest BCUT2D eigenvalue weighted by Gasteiger charge is 2.19. The number of nitrogens with two attached hydrogens (primary N) is 1. The molecule has 4 rings (SSSR count). The van der Waals surface area contributed by atoms with E-state index in [1.807, 2.05) is 55.3 Å². The zero-order valence-corrected chi connectivity index (χ0v) is 14.9. The molecule has 0 aliphatic carbocycles. The molecular weight excluding hydrogens is 328 g/mol. The minimum Gasteiger partial charge on any atom is -0.459 e. The van der Waals surface area contributed by atoms with Gasteiger partial charge in [-0.05, 0) is 26.0 Å². The molecule has 0 amide bonds. The third-order valence-corrected chi connectivity index (χ3v) is 4.51. The van der Waals surface area contributed by atoms with Crippen molar-refractivity contribution in [2.75, 3.05) is 17.7 Å².